The monoisotopic (exact) mass is 247 g/mol. The van der Waals surface area contributed by atoms with Crippen LogP contribution >= 0.6 is 0 Å². The van der Waals surface area contributed by atoms with Crippen molar-refractivity contribution in [3.05, 3.63) is 24.0 Å². The number of alkyl halides is 3. The smallest absolute Gasteiger partial charge is 0.360 e. The van der Waals surface area contributed by atoms with Crippen LogP contribution in [0.3, 0.4) is 0 Å². The summed E-state index contributed by atoms with van der Waals surface area (Å²) in [6.07, 6.45) is -2.75. The van der Waals surface area contributed by atoms with Crippen molar-refractivity contribution in [3.63, 3.8) is 0 Å². The molecule has 17 heavy (non-hydrogen) atoms. The van der Waals surface area contributed by atoms with Gasteiger partial charge in [-0.1, -0.05) is 0 Å². The standard InChI is InChI=1S/C11H16F3N3/c1-8(2)17(7-11(12,13)14)10-3-4-16-9(5-10)6-15/h3-5,8H,6-7,15H2,1-2H3. The van der Waals surface area contributed by atoms with Gasteiger partial charge < -0.3 is 10.6 Å². The summed E-state index contributed by atoms with van der Waals surface area (Å²) in [7, 11) is 0. The minimum atomic E-state index is -4.23. The zero-order valence-electron chi connectivity index (χ0n) is 9.83. The van der Waals surface area contributed by atoms with Gasteiger partial charge in [0.2, 0.25) is 0 Å². The fourth-order valence-corrected chi connectivity index (χ4v) is 1.52. The Morgan fingerprint density at radius 1 is 1.41 bits per heavy atom. The predicted octanol–water partition coefficient (Wildman–Crippen LogP) is 2.32. The van der Waals surface area contributed by atoms with Gasteiger partial charge in [0.25, 0.3) is 0 Å². The second-order valence-electron chi connectivity index (χ2n) is 4.05. The van der Waals surface area contributed by atoms with Crippen molar-refractivity contribution in [2.45, 2.75) is 32.6 Å². The van der Waals surface area contributed by atoms with Gasteiger partial charge in [-0.05, 0) is 26.0 Å². The molecule has 1 heterocycles. The van der Waals surface area contributed by atoms with Gasteiger partial charge in [-0.15, -0.1) is 0 Å². The number of nitrogens with zero attached hydrogens (tertiary/aromatic N) is 2. The molecule has 0 aliphatic heterocycles. The second-order valence-corrected chi connectivity index (χ2v) is 4.05. The summed E-state index contributed by atoms with van der Waals surface area (Å²) in [5.74, 6) is 0. The molecule has 1 aromatic heterocycles. The van der Waals surface area contributed by atoms with Gasteiger partial charge in [0.05, 0.1) is 5.69 Å². The third kappa shape index (κ3) is 4.22. The van der Waals surface area contributed by atoms with E-state index in [1.165, 1.54) is 11.1 Å². The maximum atomic E-state index is 12.5. The van der Waals surface area contributed by atoms with Crippen LogP contribution in [0.2, 0.25) is 0 Å². The Hall–Kier alpha value is -1.30. The molecule has 0 aliphatic rings. The molecule has 0 spiro atoms. The molecule has 96 valence electrons. The van der Waals surface area contributed by atoms with E-state index in [0.717, 1.165) is 0 Å². The van der Waals surface area contributed by atoms with Crippen molar-refractivity contribution in [1.82, 2.24) is 4.98 Å². The Morgan fingerprint density at radius 3 is 2.53 bits per heavy atom. The van der Waals surface area contributed by atoms with Gasteiger partial charge in [-0.25, -0.2) is 0 Å². The number of aromatic nitrogens is 1. The lowest BCUT2D eigenvalue weighted by Gasteiger charge is -2.30. The van der Waals surface area contributed by atoms with Gasteiger partial charge in [0, 0.05) is 24.5 Å². The zero-order chi connectivity index (χ0) is 13.1. The second kappa shape index (κ2) is 5.35. The Kier molecular flexibility index (Phi) is 4.34. The lowest BCUT2D eigenvalue weighted by Crippen LogP contribution is -2.39. The molecule has 0 bridgehead atoms. The molecule has 0 saturated heterocycles. The third-order valence-electron chi connectivity index (χ3n) is 2.31. The highest BCUT2D eigenvalue weighted by Gasteiger charge is 2.32. The summed E-state index contributed by atoms with van der Waals surface area (Å²) in [5, 5.41) is 0. The van der Waals surface area contributed by atoms with Crippen molar-refractivity contribution in [2.75, 3.05) is 11.4 Å². The predicted molar refractivity (Wildman–Crippen MR) is 60.7 cm³/mol. The molecule has 0 amide bonds. The topological polar surface area (TPSA) is 42.2 Å². The summed E-state index contributed by atoms with van der Waals surface area (Å²) in [6.45, 7) is 2.67. The Balaban J connectivity index is 2.97. The first-order chi connectivity index (χ1) is 7.83. The van der Waals surface area contributed by atoms with E-state index in [1.807, 2.05) is 0 Å². The van der Waals surface area contributed by atoms with Crippen LogP contribution in [-0.4, -0.2) is 23.7 Å². The molecule has 6 heteroatoms. The molecule has 0 fully saturated rings. The number of halogens is 3. The van der Waals surface area contributed by atoms with Crippen LogP contribution in [-0.2, 0) is 6.54 Å². The van der Waals surface area contributed by atoms with E-state index in [0.29, 0.717) is 11.4 Å². The van der Waals surface area contributed by atoms with Crippen molar-refractivity contribution in [1.29, 1.82) is 0 Å². The van der Waals surface area contributed by atoms with E-state index in [4.69, 9.17) is 5.73 Å². The number of hydrogen-bond acceptors (Lipinski definition) is 3. The van der Waals surface area contributed by atoms with Crippen LogP contribution in [0.4, 0.5) is 18.9 Å². The molecular formula is C11H16F3N3. The van der Waals surface area contributed by atoms with Gasteiger partial charge in [0.1, 0.15) is 6.54 Å². The molecule has 0 aliphatic carbocycles. The minimum absolute atomic E-state index is 0.214. The van der Waals surface area contributed by atoms with Crippen LogP contribution in [0.15, 0.2) is 18.3 Å². The van der Waals surface area contributed by atoms with Crippen LogP contribution in [0.1, 0.15) is 19.5 Å². The van der Waals surface area contributed by atoms with E-state index in [-0.39, 0.29) is 12.6 Å². The fraction of sp³-hybridized carbons (Fsp3) is 0.545. The quantitative estimate of drug-likeness (QED) is 0.887. The van der Waals surface area contributed by atoms with Crippen molar-refractivity contribution in [2.24, 2.45) is 5.73 Å². The van der Waals surface area contributed by atoms with Crippen LogP contribution in [0.25, 0.3) is 0 Å². The van der Waals surface area contributed by atoms with E-state index < -0.39 is 12.7 Å². The maximum Gasteiger partial charge on any atom is 0.405 e. The maximum absolute atomic E-state index is 12.5. The number of hydrogen-bond donors (Lipinski definition) is 1. The number of anilines is 1. The SMILES string of the molecule is CC(C)N(CC(F)(F)F)c1ccnc(CN)c1. The van der Waals surface area contributed by atoms with Gasteiger partial charge in [-0.2, -0.15) is 13.2 Å². The number of rotatable bonds is 4. The minimum Gasteiger partial charge on any atom is -0.360 e. The summed E-state index contributed by atoms with van der Waals surface area (Å²) in [4.78, 5) is 5.24. The highest BCUT2D eigenvalue weighted by Crippen LogP contribution is 2.24. The summed E-state index contributed by atoms with van der Waals surface area (Å²) in [5.41, 5.74) is 6.49. The molecule has 1 aromatic rings. The highest BCUT2D eigenvalue weighted by atomic mass is 19.4. The first-order valence-electron chi connectivity index (χ1n) is 5.32. The summed E-state index contributed by atoms with van der Waals surface area (Å²) >= 11 is 0. The van der Waals surface area contributed by atoms with Gasteiger partial charge >= 0.3 is 6.18 Å². The molecule has 0 aromatic carbocycles. The van der Waals surface area contributed by atoms with Crippen LogP contribution < -0.4 is 10.6 Å². The molecular weight excluding hydrogens is 231 g/mol. The average Bonchev–Trinajstić information content (AvgIpc) is 2.24. The first kappa shape index (κ1) is 13.8. The highest BCUT2D eigenvalue weighted by molar-refractivity contribution is 5.47. The summed E-state index contributed by atoms with van der Waals surface area (Å²) in [6, 6.07) is 2.90. The van der Waals surface area contributed by atoms with Gasteiger partial charge in [-0.3, -0.25) is 4.98 Å². The molecule has 0 unspecified atom stereocenters. The molecule has 1 rings (SSSR count). The molecule has 0 atom stereocenters. The Labute approximate surface area is 98.4 Å². The summed E-state index contributed by atoms with van der Waals surface area (Å²) < 4.78 is 37.4. The number of pyridine rings is 1. The third-order valence-corrected chi connectivity index (χ3v) is 2.31. The fourth-order valence-electron chi connectivity index (χ4n) is 1.52. The van der Waals surface area contributed by atoms with Crippen molar-refractivity contribution in [3.8, 4) is 0 Å². The molecule has 2 N–H and O–H groups in total. The van der Waals surface area contributed by atoms with Crippen LogP contribution in [0, 0.1) is 0 Å². The van der Waals surface area contributed by atoms with E-state index in [1.54, 1.807) is 26.0 Å². The van der Waals surface area contributed by atoms with Gasteiger partial charge in [0.15, 0.2) is 0 Å². The largest absolute Gasteiger partial charge is 0.405 e. The van der Waals surface area contributed by atoms with Crippen LogP contribution in [0.5, 0.6) is 0 Å². The van der Waals surface area contributed by atoms with Crippen molar-refractivity contribution >= 4 is 5.69 Å². The lowest BCUT2D eigenvalue weighted by atomic mass is 10.2. The zero-order valence-corrected chi connectivity index (χ0v) is 9.83. The normalized spacial score (nSPS) is 11.9. The Bertz CT molecular complexity index is 363. The van der Waals surface area contributed by atoms with E-state index in [2.05, 4.69) is 4.98 Å². The number of nitrogens with two attached hydrogens (primary N) is 1. The van der Waals surface area contributed by atoms with Crippen molar-refractivity contribution < 1.29 is 13.2 Å². The lowest BCUT2D eigenvalue weighted by molar-refractivity contribution is -0.120. The first-order valence-corrected chi connectivity index (χ1v) is 5.32. The molecule has 3 nitrogen and oxygen atoms in total. The van der Waals surface area contributed by atoms with E-state index >= 15 is 0 Å². The molecule has 0 radical (unpaired) electrons. The average molecular weight is 247 g/mol. The Morgan fingerprint density at radius 2 is 2.06 bits per heavy atom. The molecule has 0 saturated carbocycles. The van der Waals surface area contributed by atoms with E-state index in [9.17, 15) is 13.2 Å².